The molecule has 1 atom stereocenters. The van der Waals surface area contributed by atoms with Crippen molar-refractivity contribution in [1.82, 2.24) is 9.97 Å². The first-order valence-corrected chi connectivity index (χ1v) is 14.2. The van der Waals surface area contributed by atoms with Gasteiger partial charge in [0, 0.05) is 35.5 Å². The van der Waals surface area contributed by atoms with Crippen LogP contribution in [0.1, 0.15) is 75.0 Å². The Balaban J connectivity index is 1.39. The van der Waals surface area contributed by atoms with Crippen molar-refractivity contribution in [3.8, 4) is 22.5 Å². The second-order valence-electron chi connectivity index (χ2n) is 13.1. The van der Waals surface area contributed by atoms with Gasteiger partial charge in [-0.25, -0.2) is 9.97 Å². The van der Waals surface area contributed by atoms with Crippen LogP contribution in [0.25, 0.3) is 22.5 Å². The van der Waals surface area contributed by atoms with Crippen LogP contribution in [0.5, 0.6) is 0 Å². The Labute approximate surface area is 243 Å². The number of carbonyl (C=O) groups is 2. The van der Waals surface area contributed by atoms with Gasteiger partial charge < -0.3 is 5.11 Å². The molecule has 41 heavy (non-hydrogen) atoms. The van der Waals surface area contributed by atoms with Gasteiger partial charge in [0.25, 0.3) is 0 Å². The van der Waals surface area contributed by atoms with Gasteiger partial charge in [0.2, 0.25) is 0 Å². The number of ketones is 1. The first kappa shape index (κ1) is 29.9. The Morgan fingerprint density at radius 1 is 0.707 bits per heavy atom. The Morgan fingerprint density at radius 2 is 1.24 bits per heavy atom. The Hall–Kier alpha value is -4.12. The molecule has 4 rings (SSSR count). The fourth-order valence-corrected chi connectivity index (χ4v) is 4.87. The molecule has 1 aromatic heterocycles. The third-order valence-corrected chi connectivity index (χ3v) is 7.22. The molecule has 0 aliphatic rings. The van der Waals surface area contributed by atoms with Gasteiger partial charge in [0.1, 0.15) is 0 Å². The Bertz CT molecular complexity index is 1470. The highest BCUT2D eigenvalue weighted by Gasteiger charge is 2.23. The number of carboxylic acids is 1. The molecule has 212 valence electrons. The summed E-state index contributed by atoms with van der Waals surface area (Å²) in [5.74, 6) is -1.33. The van der Waals surface area contributed by atoms with E-state index in [1.54, 1.807) is 0 Å². The fraction of sp³-hybridized carbons (Fsp3) is 0.333. The minimum absolute atomic E-state index is 0.0446. The van der Waals surface area contributed by atoms with Gasteiger partial charge in [-0.05, 0) is 45.9 Å². The normalized spacial score (nSPS) is 12.6. The third kappa shape index (κ3) is 8.20. The van der Waals surface area contributed by atoms with E-state index in [1.165, 1.54) is 5.56 Å². The number of rotatable bonds is 9. The smallest absolute Gasteiger partial charge is 0.307 e. The van der Waals surface area contributed by atoms with Gasteiger partial charge in [0.15, 0.2) is 11.6 Å². The Kier molecular flexibility index (Phi) is 8.86. The molecule has 4 aromatic rings. The van der Waals surface area contributed by atoms with Crippen molar-refractivity contribution in [3.05, 3.63) is 107 Å². The van der Waals surface area contributed by atoms with E-state index >= 15 is 0 Å². The average molecular weight is 549 g/mol. The molecule has 0 saturated heterocycles. The number of aromatic nitrogens is 2. The van der Waals surface area contributed by atoms with Gasteiger partial charge in [0.05, 0.1) is 5.92 Å². The quantitative estimate of drug-likeness (QED) is 0.213. The maximum Gasteiger partial charge on any atom is 0.307 e. The molecule has 1 heterocycles. The first-order valence-electron chi connectivity index (χ1n) is 14.2. The van der Waals surface area contributed by atoms with Gasteiger partial charge in [-0.15, -0.1) is 0 Å². The number of hydrogen-bond donors (Lipinski definition) is 1. The van der Waals surface area contributed by atoms with E-state index in [-0.39, 0.29) is 29.5 Å². The lowest BCUT2D eigenvalue weighted by molar-refractivity contribution is -0.141. The Morgan fingerprint density at radius 3 is 1.76 bits per heavy atom. The summed E-state index contributed by atoms with van der Waals surface area (Å²) in [6.07, 6.45) is 4.79. The topological polar surface area (TPSA) is 80.2 Å². The van der Waals surface area contributed by atoms with E-state index in [0.29, 0.717) is 11.4 Å². The van der Waals surface area contributed by atoms with Crippen LogP contribution in [0.4, 0.5) is 0 Å². The van der Waals surface area contributed by atoms with E-state index in [1.807, 2.05) is 60.9 Å². The van der Waals surface area contributed by atoms with E-state index in [9.17, 15) is 14.7 Å². The molecule has 0 spiro atoms. The van der Waals surface area contributed by atoms with Crippen LogP contribution in [0.3, 0.4) is 0 Å². The standard InChI is InChI=1S/C36H40N2O3/c1-35(2,3)21-25-9-11-27(12-10-25)32(39)20-29(34(40)41)19-24-7-13-28(14-8-24)33-37-22-30(23-38-33)26-15-17-31(18-16-26)36(4,5)6/h7-18,22-23,29H,19-21H2,1-6H3,(H,40,41)/t29-/m1/s1. The van der Waals surface area contributed by atoms with Crippen LogP contribution in [0, 0.1) is 11.3 Å². The van der Waals surface area contributed by atoms with Crippen LogP contribution in [0.2, 0.25) is 0 Å². The van der Waals surface area contributed by atoms with Crippen molar-refractivity contribution in [3.63, 3.8) is 0 Å². The largest absolute Gasteiger partial charge is 0.481 e. The van der Waals surface area contributed by atoms with E-state index in [2.05, 4.69) is 75.8 Å². The molecule has 0 aliphatic carbocycles. The predicted octanol–water partition coefficient (Wildman–Crippen LogP) is 8.21. The minimum Gasteiger partial charge on any atom is -0.481 e. The highest BCUT2D eigenvalue weighted by molar-refractivity contribution is 5.98. The lowest BCUT2D eigenvalue weighted by Gasteiger charge is -2.19. The summed E-state index contributed by atoms with van der Waals surface area (Å²) >= 11 is 0. The maximum absolute atomic E-state index is 12.9. The van der Waals surface area contributed by atoms with E-state index < -0.39 is 11.9 Å². The van der Waals surface area contributed by atoms with Crippen molar-refractivity contribution in [2.24, 2.45) is 11.3 Å². The highest BCUT2D eigenvalue weighted by Crippen LogP contribution is 2.27. The zero-order valence-electron chi connectivity index (χ0n) is 24.9. The molecule has 1 N–H and O–H groups in total. The van der Waals surface area contributed by atoms with Crippen LogP contribution in [0.15, 0.2) is 85.2 Å². The predicted molar refractivity (Wildman–Crippen MR) is 165 cm³/mol. The second-order valence-corrected chi connectivity index (χ2v) is 13.1. The van der Waals surface area contributed by atoms with Crippen molar-refractivity contribution in [2.45, 2.75) is 66.2 Å². The summed E-state index contributed by atoms with van der Waals surface area (Å²) < 4.78 is 0. The van der Waals surface area contributed by atoms with Crippen molar-refractivity contribution in [1.29, 1.82) is 0 Å². The molecule has 0 bridgehead atoms. The molecule has 5 heteroatoms. The van der Waals surface area contributed by atoms with Crippen molar-refractivity contribution >= 4 is 11.8 Å². The van der Waals surface area contributed by atoms with E-state index in [0.717, 1.165) is 34.2 Å². The van der Waals surface area contributed by atoms with Gasteiger partial charge in [-0.3, -0.25) is 9.59 Å². The molecule has 3 aromatic carbocycles. The molecule has 0 radical (unpaired) electrons. The lowest BCUT2D eigenvalue weighted by atomic mass is 9.86. The number of carboxylic acid groups (broad SMARTS) is 1. The lowest BCUT2D eigenvalue weighted by Crippen LogP contribution is -2.20. The number of benzene rings is 3. The van der Waals surface area contributed by atoms with Crippen molar-refractivity contribution in [2.75, 3.05) is 0 Å². The SMILES string of the molecule is CC(C)(C)Cc1ccc(C(=O)C[C@@H](Cc2ccc(-c3ncc(-c4ccc(C(C)(C)C)cc4)cn3)cc2)C(=O)O)cc1. The van der Waals surface area contributed by atoms with Crippen molar-refractivity contribution < 1.29 is 14.7 Å². The van der Waals surface area contributed by atoms with E-state index in [4.69, 9.17) is 0 Å². The second kappa shape index (κ2) is 12.2. The van der Waals surface area contributed by atoms with Gasteiger partial charge in [-0.2, -0.15) is 0 Å². The summed E-state index contributed by atoms with van der Waals surface area (Å²) in [5, 5.41) is 9.84. The molecule has 0 aliphatic heterocycles. The molecule has 0 fully saturated rings. The number of hydrogen-bond acceptors (Lipinski definition) is 4. The average Bonchev–Trinajstić information content (AvgIpc) is 2.92. The first-order chi connectivity index (χ1) is 19.3. The van der Waals surface area contributed by atoms with Crippen LogP contribution >= 0.6 is 0 Å². The zero-order chi connectivity index (χ0) is 29.8. The maximum atomic E-state index is 12.9. The monoisotopic (exact) mass is 548 g/mol. The van der Waals surface area contributed by atoms with Crippen LogP contribution in [-0.4, -0.2) is 26.8 Å². The van der Waals surface area contributed by atoms with Gasteiger partial charge in [-0.1, -0.05) is 114 Å². The summed E-state index contributed by atoms with van der Waals surface area (Å²) in [4.78, 5) is 34.0. The van der Waals surface area contributed by atoms with Crippen LogP contribution in [-0.2, 0) is 23.1 Å². The van der Waals surface area contributed by atoms with Crippen LogP contribution < -0.4 is 0 Å². The third-order valence-electron chi connectivity index (χ3n) is 7.22. The highest BCUT2D eigenvalue weighted by atomic mass is 16.4. The minimum atomic E-state index is -0.971. The fourth-order valence-electron chi connectivity index (χ4n) is 4.87. The molecular weight excluding hydrogens is 508 g/mol. The molecule has 5 nitrogen and oxygen atoms in total. The summed E-state index contributed by atoms with van der Waals surface area (Å²) in [6, 6.07) is 23.6. The van der Waals surface area contributed by atoms with Gasteiger partial charge >= 0.3 is 5.97 Å². The number of nitrogens with zero attached hydrogens (tertiary/aromatic N) is 2. The molecular formula is C36H40N2O3. The molecule has 0 unspecified atom stereocenters. The summed E-state index contributed by atoms with van der Waals surface area (Å²) in [7, 11) is 0. The zero-order valence-corrected chi connectivity index (χ0v) is 24.9. The summed E-state index contributed by atoms with van der Waals surface area (Å²) in [6.45, 7) is 13.1. The number of aliphatic carboxylic acids is 1. The molecule has 0 amide bonds. The summed E-state index contributed by atoms with van der Waals surface area (Å²) in [5.41, 5.74) is 6.96. The number of Topliss-reactive ketones (excluding diaryl/α,β-unsaturated/α-hetero) is 1. The number of carbonyl (C=O) groups excluding carboxylic acids is 1. The molecule has 0 saturated carbocycles.